The van der Waals surface area contributed by atoms with Crippen molar-refractivity contribution < 1.29 is 4.79 Å². The molecule has 0 unspecified atom stereocenters. The van der Waals surface area contributed by atoms with Crippen LogP contribution in [0.15, 0.2) is 29.9 Å². The van der Waals surface area contributed by atoms with E-state index >= 15 is 0 Å². The van der Waals surface area contributed by atoms with E-state index in [-0.39, 0.29) is 11.8 Å². The molecule has 3 aromatic heterocycles. The van der Waals surface area contributed by atoms with Crippen molar-refractivity contribution >= 4 is 28.6 Å². The number of carbonyl (C=O) groups is 1. The molecule has 1 N–H and O–H groups in total. The summed E-state index contributed by atoms with van der Waals surface area (Å²) >= 11 is 1.75. The fourth-order valence-corrected chi connectivity index (χ4v) is 5.35. The van der Waals surface area contributed by atoms with Crippen LogP contribution >= 0.6 is 11.3 Å². The first-order valence-electron chi connectivity index (χ1n) is 10.7. The SMILES string of the molecule is O=C(NCCc1cccs1)C1CCN(c2nccn3nc4c(c23)CCCC4)CC1. The molecular weight excluding hydrogens is 382 g/mol. The highest BCUT2D eigenvalue weighted by molar-refractivity contribution is 7.09. The van der Waals surface area contributed by atoms with Gasteiger partial charge >= 0.3 is 0 Å². The normalized spacial score (nSPS) is 17.4. The summed E-state index contributed by atoms with van der Waals surface area (Å²) in [5.74, 6) is 1.35. The van der Waals surface area contributed by atoms with Gasteiger partial charge in [0.05, 0.1) is 5.69 Å². The zero-order valence-corrected chi connectivity index (χ0v) is 17.5. The van der Waals surface area contributed by atoms with Crippen LogP contribution in [-0.2, 0) is 24.1 Å². The molecular formula is C22H27N5OS. The predicted octanol–water partition coefficient (Wildman–Crippen LogP) is 3.24. The quantitative estimate of drug-likeness (QED) is 0.703. The first-order chi connectivity index (χ1) is 14.3. The molecule has 29 heavy (non-hydrogen) atoms. The maximum Gasteiger partial charge on any atom is 0.223 e. The average Bonchev–Trinajstić information content (AvgIpc) is 3.41. The number of aromatic nitrogens is 3. The second kappa shape index (κ2) is 8.14. The monoisotopic (exact) mass is 409 g/mol. The van der Waals surface area contributed by atoms with Crippen LogP contribution in [0.1, 0.15) is 41.8 Å². The molecule has 4 heterocycles. The fraction of sp³-hybridized carbons (Fsp3) is 0.500. The summed E-state index contributed by atoms with van der Waals surface area (Å²) in [6.45, 7) is 2.47. The Kier molecular flexibility index (Phi) is 5.23. The van der Waals surface area contributed by atoms with Crippen molar-refractivity contribution in [3.63, 3.8) is 0 Å². The van der Waals surface area contributed by atoms with Gasteiger partial charge in [0.25, 0.3) is 0 Å². The Morgan fingerprint density at radius 1 is 1.24 bits per heavy atom. The molecule has 0 radical (unpaired) electrons. The van der Waals surface area contributed by atoms with Crippen LogP contribution in [0.2, 0.25) is 0 Å². The lowest BCUT2D eigenvalue weighted by Gasteiger charge is -2.32. The molecule has 0 atom stereocenters. The molecule has 1 aliphatic carbocycles. The third kappa shape index (κ3) is 3.75. The van der Waals surface area contributed by atoms with Crippen LogP contribution in [0, 0.1) is 5.92 Å². The second-order valence-corrected chi connectivity index (χ2v) is 9.09. The number of thiophene rings is 1. The van der Waals surface area contributed by atoms with Crippen molar-refractivity contribution in [1.82, 2.24) is 19.9 Å². The van der Waals surface area contributed by atoms with E-state index in [0.29, 0.717) is 0 Å². The minimum atomic E-state index is 0.105. The van der Waals surface area contributed by atoms with Crippen LogP contribution in [0.4, 0.5) is 5.82 Å². The largest absolute Gasteiger partial charge is 0.355 e. The van der Waals surface area contributed by atoms with Gasteiger partial charge < -0.3 is 10.2 Å². The number of rotatable bonds is 5. The molecule has 1 amide bonds. The van der Waals surface area contributed by atoms with Gasteiger partial charge in [-0.15, -0.1) is 11.3 Å². The zero-order chi connectivity index (χ0) is 19.6. The van der Waals surface area contributed by atoms with Gasteiger partial charge in [0.2, 0.25) is 5.91 Å². The van der Waals surface area contributed by atoms with Crippen LogP contribution in [0.5, 0.6) is 0 Å². The number of anilines is 1. The topological polar surface area (TPSA) is 62.5 Å². The first-order valence-corrected chi connectivity index (χ1v) is 11.6. The van der Waals surface area contributed by atoms with Crippen molar-refractivity contribution in [2.75, 3.05) is 24.5 Å². The van der Waals surface area contributed by atoms with Gasteiger partial charge in [-0.25, -0.2) is 9.50 Å². The number of hydrogen-bond donors (Lipinski definition) is 1. The minimum absolute atomic E-state index is 0.105. The number of hydrogen-bond acceptors (Lipinski definition) is 5. The Hall–Kier alpha value is -2.41. The van der Waals surface area contributed by atoms with Crippen LogP contribution < -0.4 is 10.2 Å². The lowest BCUT2D eigenvalue weighted by molar-refractivity contribution is -0.125. The molecule has 6 nitrogen and oxygen atoms in total. The van der Waals surface area contributed by atoms with Crippen LogP contribution in [0.25, 0.3) is 5.52 Å². The van der Waals surface area contributed by atoms with E-state index in [4.69, 9.17) is 10.1 Å². The van der Waals surface area contributed by atoms with Gasteiger partial charge in [-0.3, -0.25) is 4.79 Å². The lowest BCUT2D eigenvalue weighted by atomic mass is 9.94. The highest BCUT2D eigenvalue weighted by atomic mass is 32.1. The Bertz CT molecular complexity index is 988. The van der Waals surface area contributed by atoms with Crippen molar-refractivity contribution in [2.45, 2.75) is 44.9 Å². The molecule has 0 saturated carbocycles. The summed E-state index contributed by atoms with van der Waals surface area (Å²) in [5, 5.41) is 10.0. The highest BCUT2D eigenvalue weighted by Crippen LogP contribution is 2.32. The molecule has 152 valence electrons. The standard InChI is InChI=1S/C22H27N5OS/c28-22(24-10-7-17-4-3-15-29-17)16-8-12-26(13-9-16)21-20-18-5-1-2-6-19(18)25-27(20)14-11-23-21/h3-4,11,14-16H,1-2,5-10,12-13H2,(H,24,28). The van der Waals surface area contributed by atoms with Crippen LogP contribution in [0.3, 0.4) is 0 Å². The summed E-state index contributed by atoms with van der Waals surface area (Å²) in [6, 6.07) is 4.18. The predicted molar refractivity (Wildman–Crippen MR) is 116 cm³/mol. The molecule has 7 heteroatoms. The molecule has 2 aliphatic rings. The van der Waals surface area contributed by atoms with E-state index in [1.54, 1.807) is 11.3 Å². The van der Waals surface area contributed by atoms with Crippen LogP contribution in [-0.4, -0.2) is 40.1 Å². The van der Waals surface area contributed by atoms with E-state index < -0.39 is 0 Å². The zero-order valence-electron chi connectivity index (χ0n) is 16.6. The number of nitrogens with one attached hydrogen (secondary N) is 1. The third-order valence-electron chi connectivity index (χ3n) is 6.21. The minimum Gasteiger partial charge on any atom is -0.355 e. The maximum absolute atomic E-state index is 12.6. The molecule has 1 fully saturated rings. The van der Waals surface area contributed by atoms with E-state index in [1.165, 1.54) is 34.5 Å². The second-order valence-electron chi connectivity index (χ2n) is 8.06. The Labute approximate surface area is 174 Å². The van der Waals surface area contributed by atoms with E-state index in [1.807, 2.05) is 16.9 Å². The first kappa shape index (κ1) is 18.6. The summed E-state index contributed by atoms with van der Waals surface area (Å²) in [6.07, 6.45) is 11.1. The lowest BCUT2D eigenvalue weighted by Crippen LogP contribution is -2.41. The molecule has 0 aromatic carbocycles. The number of aryl methyl sites for hydroxylation is 2. The van der Waals surface area contributed by atoms with E-state index in [2.05, 4.69) is 27.7 Å². The van der Waals surface area contributed by atoms with Crippen molar-refractivity contribution in [3.8, 4) is 0 Å². The fourth-order valence-electron chi connectivity index (χ4n) is 4.64. The molecule has 0 spiro atoms. The van der Waals surface area contributed by atoms with Gasteiger partial charge in [-0.1, -0.05) is 6.07 Å². The summed E-state index contributed by atoms with van der Waals surface area (Å²) in [5.41, 5.74) is 3.80. The molecule has 1 saturated heterocycles. The highest BCUT2D eigenvalue weighted by Gasteiger charge is 2.28. The van der Waals surface area contributed by atoms with E-state index in [9.17, 15) is 4.79 Å². The molecule has 0 bridgehead atoms. The smallest absolute Gasteiger partial charge is 0.223 e. The summed E-state index contributed by atoms with van der Waals surface area (Å²) in [7, 11) is 0. The van der Waals surface area contributed by atoms with Gasteiger partial charge in [0.1, 0.15) is 5.52 Å². The Morgan fingerprint density at radius 3 is 2.93 bits per heavy atom. The van der Waals surface area contributed by atoms with Crippen molar-refractivity contribution in [1.29, 1.82) is 0 Å². The average molecular weight is 410 g/mol. The molecule has 1 aliphatic heterocycles. The number of piperidine rings is 1. The molecule has 3 aromatic rings. The van der Waals surface area contributed by atoms with Gasteiger partial charge in [-0.2, -0.15) is 5.10 Å². The van der Waals surface area contributed by atoms with E-state index in [0.717, 1.165) is 57.6 Å². The van der Waals surface area contributed by atoms with Gasteiger partial charge in [0, 0.05) is 48.4 Å². The number of carbonyl (C=O) groups excluding carboxylic acids is 1. The Morgan fingerprint density at radius 2 is 2.10 bits per heavy atom. The third-order valence-corrected chi connectivity index (χ3v) is 7.15. The number of amides is 1. The summed E-state index contributed by atoms with van der Waals surface area (Å²) in [4.78, 5) is 21.0. The summed E-state index contributed by atoms with van der Waals surface area (Å²) < 4.78 is 2.02. The van der Waals surface area contributed by atoms with Gasteiger partial charge in [0.15, 0.2) is 5.82 Å². The maximum atomic E-state index is 12.6. The van der Waals surface area contributed by atoms with Gasteiger partial charge in [-0.05, 0) is 56.4 Å². The van der Waals surface area contributed by atoms with Crippen molar-refractivity contribution in [2.24, 2.45) is 5.92 Å². The Balaban J connectivity index is 1.23. The number of nitrogens with zero attached hydrogens (tertiary/aromatic N) is 4. The molecule has 5 rings (SSSR count). The van der Waals surface area contributed by atoms with Crippen molar-refractivity contribution in [3.05, 3.63) is 46.0 Å². The number of fused-ring (bicyclic) bond motifs is 3.